The first-order chi connectivity index (χ1) is 17.3. The highest BCUT2D eigenvalue weighted by molar-refractivity contribution is 7.92. The average molecular weight is 510 g/mol. The number of halogens is 1. The zero-order valence-corrected chi connectivity index (χ0v) is 21.3. The van der Waals surface area contributed by atoms with Crippen LogP contribution in [0.1, 0.15) is 36.0 Å². The summed E-state index contributed by atoms with van der Waals surface area (Å²) in [7, 11) is -4.04. The van der Waals surface area contributed by atoms with Crippen LogP contribution >= 0.6 is 0 Å². The Balaban J connectivity index is 1.46. The molecule has 36 heavy (non-hydrogen) atoms. The van der Waals surface area contributed by atoms with Gasteiger partial charge in [0.2, 0.25) is 5.91 Å². The molecular formula is C28H32FN3O3S. The van der Waals surface area contributed by atoms with Gasteiger partial charge in [0.1, 0.15) is 12.4 Å². The van der Waals surface area contributed by atoms with Crippen molar-refractivity contribution in [2.45, 2.75) is 44.2 Å². The molecule has 1 amide bonds. The molecule has 3 aromatic carbocycles. The van der Waals surface area contributed by atoms with E-state index in [4.69, 9.17) is 0 Å². The number of benzene rings is 3. The van der Waals surface area contributed by atoms with Gasteiger partial charge in [0.25, 0.3) is 10.0 Å². The van der Waals surface area contributed by atoms with Gasteiger partial charge in [-0.1, -0.05) is 48.4 Å². The second-order valence-corrected chi connectivity index (χ2v) is 11.1. The van der Waals surface area contributed by atoms with Crippen molar-refractivity contribution in [2.24, 2.45) is 0 Å². The molecule has 0 saturated carbocycles. The smallest absolute Gasteiger partial charge is 0.264 e. The van der Waals surface area contributed by atoms with Crippen LogP contribution in [0.5, 0.6) is 0 Å². The molecule has 1 aliphatic rings. The Morgan fingerprint density at radius 3 is 2.31 bits per heavy atom. The van der Waals surface area contributed by atoms with Crippen LogP contribution in [0.25, 0.3) is 0 Å². The maximum absolute atomic E-state index is 13.5. The Morgan fingerprint density at radius 1 is 0.944 bits per heavy atom. The van der Waals surface area contributed by atoms with E-state index in [0.29, 0.717) is 0 Å². The van der Waals surface area contributed by atoms with E-state index in [9.17, 15) is 17.6 Å². The van der Waals surface area contributed by atoms with E-state index in [1.165, 1.54) is 61.2 Å². The minimum atomic E-state index is -4.04. The van der Waals surface area contributed by atoms with Crippen LogP contribution < -0.4 is 9.62 Å². The van der Waals surface area contributed by atoms with Crippen molar-refractivity contribution in [2.75, 3.05) is 23.9 Å². The lowest BCUT2D eigenvalue weighted by molar-refractivity contribution is -0.119. The molecular weight excluding hydrogens is 477 g/mol. The van der Waals surface area contributed by atoms with Crippen LogP contribution in [0, 0.1) is 12.7 Å². The Morgan fingerprint density at radius 2 is 1.61 bits per heavy atom. The van der Waals surface area contributed by atoms with Crippen LogP contribution in [0.3, 0.4) is 0 Å². The highest BCUT2D eigenvalue weighted by atomic mass is 32.2. The van der Waals surface area contributed by atoms with Gasteiger partial charge in [-0.25, -0.2) is 12.8 Å². The molecule has 0 spiro atoms. The third-order valence-electron chi connectivity index (χ3n) is 6.35. The van der Waals surface area contributed by atoms with Gasteiger partial charge in [0, 0.05) is 13.1 Å². The van der Waals surface area contributed by atoms with Gasteiger partial charge < -0.3 is 5.32 Å². The van der Waals surface area contributed by atoms with E-state index in [-0.39, 0.29) is 17.1 Å². The number of sulfonamides is 1. The van der Waals surface area contributed by atoms with E-state index in [0.717, 1.165) is 35.1 Å². The molecule has 1 saturated heterocycles. The largest absolute Gasteiger partial charge is 0.350 e. The molecule has 0 aromatic heterocycles. The maximum Gasteiger partial charge on any atom is 0.264 e. The normalized spacial score (nSPS) is 14.4. The lowest BCUT2D eigenvalue weighted by Gasteiger charge is -2.26. The number of amides is 1. The number of piperidine rings is 1. The number of aryl methyl sites for hydroxylation is 1. The monoisotopic (exact) mass is 509 g/mol. The summed E-state index contributed by atoms with van der Waals surface area (Å²) in [6.45, 7) is 4.83. The van der Waals surface area contributed by atoms with E-state index in [1.54, 1.807) is 12.1 Å². The van der Waals surface area contributed by atoms with Gasteiger partial charge >= 0.3 is 0 Å². The molecule has 1 aliphatic heterocycles. The Kier molecular flexibility index (Phi) is 8.38. The van der Waals surface area contributed by atoms with E-state index in [1.807, 2.05) is 19.1 Å². The van der Waals surface area contributed by atoms with Crippen molar-refractivity contribution in [3.63, 3.8) is 0 Å². The highest BCUT2D eigenvalue weighted by Crippen LogP contribution is 2.24. The number of likely N-dealkylation sites (tertiary alicyclic amines) is 1. The summed E-state index contributed by atoms with van der Waals surface area (Å²) in [5, 5.41) is 2.84. The molecule has 6 nitrogen and oxygen atoms in total. The molecule has 0 radical (unpaired) electrons. The molecule has 3 aromatic rings. The molecule has 4 rings (SSSR count). The van der Waals surface area contributed by atoms with Crippen LogP contribution in [-0.2, 0) is 27.9 Å². The predicted molar refractivity (Wildman–Crippen MR) is 140 cm³/mol. The van der Waals surface area contributed by atoms with Crippen molar-refractivity contribution < 1.29 is 17.6 Å². The summed E-state index contributed by atoms with van der Waals surface area (Å²) in [5.41, 5.74) is 3.28. The van der Waals surface area contributed by atoms with Gasteiger partial charge in [-0.05, 0) is 80.4 Å². The second kappa shape index (κ2) is 11.7. The van der Waals surface area contributed by atoms with E-state index in [2.05, 4.69) is 22.3 Å². The number of hydrogen-bond acceptors (Lipinski definition) is 4. The first-order valence-electron chi connectivity index (χ1n) is 12.2. The van der Waals surface area contributed by atoms with Gasteiger partial charge in [-0.2, -0.15) is 0 Å². The summed E-state index contributed by atoms with van der Waals surface area (Å²) in [6.07, 6.45) is 3.74. The quantitative estimate of drug-likeness (QED) is 0.457. The van der Waals surface area contributed by atoms with Crippen LogP contribution in [0.2, 0.25) is 0 Å². The fraction of sp³-hybridized carbons (Fsp3) is 0.321. The lowest BCUT2D eigenvalue weighted by Crippen LogP contribution is -2.40. The van der Waals surface area contributed by atoms with Crippen molar-refractivity contribution in [1.82, 2.24) is 10.2 Å². The fourth-order valence-corrected chi connectivity index (χ4v) is 5.78. The second-order valence-electron chi connectivity index (χ2n) is 9.23. The predicted octanol–water partition coefficient (Wildman–Crippen LogP) is 4.63. The number of nitrogens with zero attached hydrogens (tertiary/aromatic N) is 2. The number of rotatable bonds is 9. The Labute approximate surface area is 212 Å². The van der Waals surface area contributed by atoms with Crippen molar-refractivity contribution in [3.05, 3.63) is 95.3 Å². The maximum atomic E-state index is 13.5. The summed E-state index contributed by atoms with van der Waals surface area (Å²) in [5.74, 6) is -0.934. The number of anilines is 1. The van der Waals surface area contributed by atoms with Crippen LogP contribution in [-0.4, -0.2) is 38.9 Å². The Bertz CT molecular complexity index is 1270. The van der Waals surface area contributed by atoms with Crippen molar-refractivity contribution in [3.8, 4) is 0 Å². The fourth-order valence-electron chi connectivity index (χ4n) is 4.36. The Hall–Kier alpha value is -3.23. The number of hydrogen-bond donors (Lipinski definition) is 1. The lowest BCUT2D eigenvalue weighted by atomic mass is 10.1. The highest BCUT2D eigenvalue weighted by Gasteiger charge is 2.27. The third-order valence-corrected chi connectivity index (χ3v) is 8.13. The number of nitrogens with one attached hydrogen (secondary N) is 1. The minimum Gasteiger partial charge on any atom is -0.350 e. The van der Waals surface area contributed by atoms with Gasteiger partial charge in [0.05, 0.1) is 10.6 Å². The summed E-state index contributed by atoms with van der Waals surface area (Å²) >= 11 is 0. The van der Waals surface area contributed by atoms with E-state index < -0.39 is 28.3 Å². The molecule has 0 aliphatic carbocycles. The van der Waals surface area contributed by atoms with Gasteiger partial charge in [-0.3, -0.25) is 14.0 Å². The third kappa shape index (κ3) is 6.71. The molecule has 1 N–H and O–H groups in total. The molecule has 8 heteroatoms. The first kappa shape index (κ1) is 25.9. The summed E-state index contributed by atoms with van der Waals surface area (Å²) in [6, 6.07) is 19.6. The van der Waals surface area contributed by atoms with E-state index >= 15 is 0 Å². The minimum absolute atomic E-state index is 0.0654. The molecule has 1 fully saturated rings. The number of carbonyl (C=O) groups excluding carboxylic acids is 1. The summed E-state index contributed by atoms with van der Waals surface area (Å²) in [4.78, 5) is 15.4. The van der Waals surface area contributed by atoms with Crippen molar-refractivity contribution >= 4 is 21.6 Å². The number of carbonyl (C=O) groups is 1. The zero-order chi connectivity index (χ0) is 25.5. The van der Waals surface area contributed by atoms with Crippen LogP contribution in [0.4, 0.5) is 10.1 Å². The molecule has 0 bridgehead atoms. The topological polar surface area (TPSA) is 69.7 Å². The SMILES string of the molecule is Cc1ccc(S(=O)(=O)N(CC(=O)NCc2cccc(CN3CCCCC3)c2)c2ccc(F)cc2)cc1. The average Bonchev–Trinajstić information content (AvgIpc) is 2.88. The van der Waals surface area contributed by atoms with Gasteiger partial charge in [0.15, 0.2) is 0 Å². The molecule has 0 atom stereocenters. The van der Waals surface area contributed by atoms with Crippen molar-refractivity contribution in [1.29, 1.82) is 0 Å². The zero-order valence-electron chi connectivity index (χ0n) is 20.5. The standard InChI is InChI=1S/C28H32FN3O3S/c1-22-8-14-27(15-9-22)36(34,35)32(26-12-10-25(29)11-13-26)21-28(33)30-19-23-6-5-7-24(18-23)20-31-16-3-2-4-17-31/h5-15,18H,2-4,16-17,19-21H2,1H3,(H,30,33). The molecule has 0 unspecified atom stereocenters. The molecule has 1 heterocycles. The first-order valence-corrected chi connectivity index (χ1v) is 13.7. The van der Waals surface area contributed by atoms with Crippen LogP contribution in [0.15, 0.2) is 77.7 Å². The molecule has 190 valence electrons. The van der Waals surface area contributed by atoms with Gasteiger partial charge in [-0.15, -0.1) is 0 Å². The summed E-state index contributed by atoms with van der Waals surface area (Å²) < 4.78 is 41.4.